The number of esters is 1. The van der Waals surface area contributed by atoms with E-state index in [0.29, 0.717) is 13.2 Å². The maximum absolute atomic E-state index is 12.1. The van der Waals surface area contributed by atoms with Gasteiger partial charge in [0, 0.05) is 0 Å². The average Bonchev–Trinajstić information content (AvgIpc) is 3.32. The van der Waals surface area contributed by atoms with E-state index in [0.717, 1.165) is 32.3 Å². The molecule has 5 unspecified atom stereocenters. The lowest BCUT2D eigenvalue weighted by Crippen LogP contribution is -2.36. The Morgan fingerprint density at radius 1 is 1.26 bits per heavy atom. The van der Waals surface area contributed by atoms with Gasteiger partial charge in [0.25, 0.3) is 0 Å². The molecule has 2 heterocycles. The summed E-state index contributed by atoms with van der Waals surface area (Å²) < 4.78 is 21.6. The van der Waals surface area contributed by atoms with Crippen molar-refractivity contribution in [2.24, 2.45) is 5.92 Å². The van der Waals surface area contributed by atoms with Crippen molar-refractivity contribution in [3.63, 3.8) is 0 Å². The molecule has 0 aromatic rings. The maximum atomic E-state index is 12.1. The van der Waals surface area contributed by atoms with Crippen molar-refractivity contribution in [1.82, 2.24) is 0 Å². The molecule has 0 aromatic heterocycles. The van der Waals surface area contributed by atoms with Crippen LogP contribution in [-0.4, -0.2) is 50.2 Å². The molecule has 1 saturated carbocycles. The van der Waals surface area contributed by atoms with Gasteiger partial charge in [-0.2, -0.15) is 0 Å². The third-order valence-electron chi connectivity index (χ3n) is 4.13. The van der Waals surface area contributed by atoms with Gasteiger partial charge in [-0.3, -0.25) is 4.79 Å². The second-order valence-electron chi connectivity index (χ2n) is 5.73. The van der Waals surface area contributed by atoms with Crippen LogP contribution in [0.1, 0.15) is 32.6 Å². The average molecular weight is 270 g/mol. The lowest BCUT2D eigenvalue weighted by molar-refractivity contribution is -0.157. The predicted molar refractivity (Wildman–Crippen MR) is 66.7 cm³/mol. The maximum Gasteiger partial charge on any atom is 0.311 e. The molecule has 3 aliphatic rings. The molecular formula is C14H22O5. The van der Waals surface area contributed by atoms with Crippen LogP contribution in [0.3, 0.4) is 0 Å². The first-order valence-electron chi connectivity index (χ1n) is 7.29. The van der Waals surface area contributed by atoms with Gasteiger partial charge in [-0.25, -0.2) is 0 Å². The van der Waals surface area contributed by atoms with E-state index in [4.69, 9.17) is 18.9 Å². The number of hydrogen-bond acceptors (Lipinski definition) is 5. The van der Waals surface area contributed by atoms with Crippen LogP contribution in [0.5, 0.6) is 0 Å². The van der Waals surface area contributed by atoms with E-state index < -0.39 is 0 Å². The molecule has 108 valence electrons. The highest BCUT2D eigenvalue weighted by molar-refractivity contribution is 5.73. The SMILES string of the molecule is CC1OC1COC(=O)C1CCCCC1OCC1CO1. The summed E-state index contributed by atoms with van der Waals surface area (Å²) in [5.74, 6) is -0.231. The molecule has 5 nitrogen and oxygen atoms in total. The highest BCUT2D eigenvalue weighted by Crippen LogP contribution is 2.29. The van der Waals surface area contributed by atoms with Gasteiger partial charge in [0.1, 0.15) is 18.8 Å². The van der Waals surface area contributed by atoms with Crippen molar-refractivity contribution in [3.05, 3.63) is 0 Å². The zero-order valence-corrected chi connectivity index (χ0v) is 11.4. The first-order valence-corrected chi connectivity index (χ1v) is 7.29. The van der Waals surface area contributed by atoms with E-state index in [1.807, 2.05) is 6.92 Å². The fourth-order valence-corrected chi connectivity index (χ4v) is 2.64. The zero-order valence-electron chi connectivity index (χ0n) is 11.4. The molecule has 5 heteroatoms. The van der Waals surface area contributed by atoms with Crippen molar-refractivity contribution in [3.8, 4) is 0 Å². The predicted octanol–water partition coefficient (Wildman–Crippen LogP) is 1.29. The lowest BCUT2D eigenvalue weighted by Gasteiger charge is -2.29. The van der Waals surface area contributed by atoms with Gasteiger partial charge >= 0.3 is 5.97 Å². The van der Waals surface area contributed by atoms with Crippen LogP contribution in [-0.2, 0) is 23.7 Å². The molecule has 3 fully saturated rings. The Bertz CT molecular complexity index is 328. The Kier molecular flexibility index (Phi) is 4.05. The largest absolute Gasteiger partial charge is 0.463 e. The fraction of sp³-hybridized carbons (Fsp3) is 0.929. The van der Waals surface area contributed by atoms with E-state index in [-0.39, 0.29) is 36.3 Å². The third kappa shape index (κ3) is 3.68. The topological polar surface area (TPSA) is 60.6 Å². The monoisotopic (exact) mass is 270 g/mol. The number of carbonyl (C=O) groups is 1. The lowest BCUT2D eigenvalue weighted by atomic mass is 9.86. The fourth-order valence-electron chi connectivity index (χ4n) is 2.64. The van der Waals surface area contributed by atoms with Gasteiger partial charge in [0.05, 0.1) is 31.3 Å². The summed E-state index contributed by atoms with van der Waals surface area (Å²) >= 11 is 0. The zero-order chi connectivity index (χ0) is 13.2. The second kappa shape index (κ2) is 5.77. The molecule has 2 saturated heterocycles. The minimum atomic E-state index is -0.121. The highest BCUT2D eigenvalue weighted by atomic mass is 16.6. The summed E-state index contributed by atoms with van der Waals surface area (Å²) in [5, 5.41) is 0. The number of carbonyl (C=O) groups excluding carboxylic acids is 1. The van der Waals surface area contributed by atoms with Crippen molar-refractivity contribution in [2.75, 3.05) is 19.8 Å². The van der Waals surface area contributed by atoms with E-state index in [1.165, 1.54) is 0 Å². The Labute approximate surface area is 113 Å². The molecule has 0 amide bonds. The van der Waals surface area contributed by atoms with Gasteiger partial charge in [-0.15, -0.1) is 0 Å². The van der Waals surface area contributed by atoms with Crippen LogP contribution >= 0.6 is 0 Å². The minimum absolute atomic E-state index is 0.00277. The Balaban J connectivity index is 1.45. The van der Waals surface area contributed by atoms with Gasteiger partial charge in [0.15, 0.2) is 0 Å². The molecule has 0 bridgehead atoms. The van der Waals surface area contributed by atoms with Crippen molar-refractivity contribution in [2.45, 2.75) is 57.0 Å². The molecule has 0 spiro atoms. The van der Waals surface area contributed by atoms with Crippen LogP contribution in [0.2, 0.25) is 0 Å². The van der Waals surface area contributed by atoms with Crippen LogP contribution < -0.4 is 0 Å². The van der Waals surface area contributed by atoms with Crippen LogP contribution in [0.25, 0.3) is 0 Å². The number of epoxide rings is 2. The second-order valence-corrected chi connectivity index (χ2v) is 5.73. The molecule has 2 aliphatic heterocycles. The van der Waals surface area contributed by atoms with Gasteiger partial charge in [-0.05, 0) is 19.8 Å². The first-order chi connectivity index (χ1) is 9.24. The molecule has 5 atom stereocenters. The first kappa shape index (κ1) is 13.3. The van der Waals surface area contributed by atoms with Crippen LogP contribution in [0.4, 0.5) is 0 Å². The van der Waals surface area contributed by atoms with Crippen molar-refractivity contribution >= 4 is 5.97 Å². The van der Waals surface area contributed by atoms with Gasteiger partial charge in [0.2, 0.25) is 0 Å². The molecule has 19 heavy (non-hydrogen) atoms. The molecule has 1 aliphatic carbocycles. The van der Waals surface area contributed by atoms with Gasteiger partial charge in [-0.1, -0.05) is 12.8 Å². The third-order valence-corrected chi connectivity index (χ3v) is 4.13. The smallest absolute Gasteiger partial charge is 0.311 e. The van der Waals surface area contributed by atoms with Crippen LogP contribution in [0, 0.1) is 5.92 Å². The number of ether oxygens (including phenoxy) is 4. The summed E-state index contributed by atoms with van der Waals surface area (Å²) in [6, 6.07) is 0. The molecule has 0 N–H and O–H groups in total. The standard InChI is InChI=1S/C14H22O5/c1-9-13(19-9)8-18-14(15)11-4-2-3-5-12(11)17-7-10-6-16-10/h9-13H,2-8H2,1H3. The molecule has 0 aromatic carbocycles. The van der Waals surface area contributed by atoms with Crippen LogP contribution in [0.15, 0.2) is 0 Å². The van der Waals surface area contributed by atoms with Crippen molar-refractivity contribution < 1.29 is 23.7 Å². The van der Waals surface area contributed by atoms with Crippen molar-refractivity contribution in [1.29, 1.82) is 0 Å². The van der Waals surface area contributed by atoms with E-state index in [1.54, 1.807) is 0 Å². The van der Waals surface area contributed by atoms with E-state index in [9.17, 15) is 4.79 Å². The van der Waals surface area contributed by atoms with E-state index >= 15 is 0 Å². The Morgan fingerprint density at radius 2 is 2.00 bits per heavy atom. The summed E-state index contributed by atoms with van der Waals surface area (Å²) in [6.07, 6.45) is 4.62. The normalized spacial score (nSPS) is 40.8. The summed E-state index contributed by atoms with van der Waals surface area (Å²) in [7, 11) is 0. The minimum Gasteiger partial charge on any atom is -0.463 e. The molecule has 3 rings (SSSR count). The Hall–Kier alpha value is -0.650. The summed E-state index contributed by atoms with van der Waals surface area (Å²) in [6.45, 7) is 3.77. The number of rotatable bonds is 6. The quantitative estimate of drug-likeness (QED) is 0.537. The Morgan fingerprint density at radius 3 is 2.68 bits per heavy atom. The molecular weight excluding hydrogens is 248 g/mol. The van der Waals surface area contributed by atoms with Gasteiger partial charge < -0.3 is 18.9 Å². The number of hydrogen-bond donors (Lipinski definition) is 0. The highest BCUT2D eigenvalue weighted by Gasteiger charge is 2.38. The summed E-state index contributed by atoms with van der Waals surface area (Å²) in [4.78, 5) is 12.1. The molecule has 0 radical (unpaired) electrons. The van der Waals surface area contributed by atoms with E-state index in [2.05, 4.69) is 0 Å². The summed E-state index contributed by atoms with van der Waals surface area (Å²) in [5.41, 5.74) is 0.